The molecule has 0 spiro atoms. The van der Waals surface area contributed by atoms with Crippen molar-refractivity contribution in [2.75, 3.05) is 11.9 Å². The van der Waals surface area contributed by atoms with Gasteiger partial charge in [-0.1, -0.05) is 34.6 Å². The molecule has 138 valence electrons. The minimum Gasteiger partial charge on any atom is -0.480 e. The van der Waals surface area contributed by atoms with Crippen molar-refractivity contribution in [1.29, 1.82) is 0 Å². The molecule has 0 radical (unpaired) electrons. The number of anilines is 1. The Morgan fingerprint density at radius 2 is 2.08 bits per heavy atom. The van der Waals surface area contributed by atoms with E-state index >= 15 is 0 Å². The maximum Gasteiger partial charge on any atom is 0.326 e. The largest absolute Gasteiger partial charge is 0.480 e. The second-order valence-electron chi connectivity index (χ2n) is 8.95. The minimum atomic E-state index is -0.899. The number of nitrogens with zero attached hydrogens (tertiary/aromatic N) is 2. The van der Waals surface area contributed by atoms with Crippen LogP contribution in [0.25, 0.3) is 0 Å². The number of hydrogen-bond acceptors (Lipinski definition) is 5. The number of carboxylic acid groups (broad SMARTS) is 1. The number of aromatic nitrogens is 1. The molecule has 4 atom stereocenters. The summed E-state index contributed by atoms with van der Waals surface area (Å²) < 4.78 is 0. The minimum absolute atomic E-state index is 0.0108. The number of carbonyl (C=O) groups excluding carboxylic acids is 1. The van der Waals surface area contributed by atoms with Gasteiger partial charge in [-0.15, -0.1) is 11.3 Å². The first-order chi connectivity index (χ1) is 11.4. The van der Waals surface area contributed by atoms with Gasteiger partial charge in [0.1, 0.15) is 12.1 Å². The molecule has 1 amide bonds. The van der Waals surface area contributed by atoms with Crippen molar-refractivity contribution in [3.05, 3.63) is 11.1 Å². The molecule has 1 saturated carbocycles. The Morgan fingerprint density at radius 1 is 1.44 bits per heavy atom. The fourth-order valence-electron chi connectivity index (χ4n) is 4.15. The van der Waals surface area contributed by atoms with Gasteiger partial charge in [0.05, 0.1) is 0 Å². The van der Waals surface area contributed by atoms with Crippen molar-refractivity contribution >= 4 is 28.3 Å². The fraction of sp³-hybridized carbons (Fsp3) is 0.722. The van der Waals surface area contributed by atoms with Crippen molar-refractivity contribution in [2.24, 2.45) is 22.7 Å². The summed E-state index contributed by atoms with van der Waals surface area (Å²) in [7, 11) is 0. The molecule has 3 rings (SSSR count). The number of piperidine rings is 1. The third-order valence-electron chi connectivity index (χ3n) is 5.75. The lowest BCUT2D eigenvalue weighted by molar-refractivity contribution is -0.151. The summed E-state index contributed by atoms with van der Waals surface area (Å²) >= 11 is 1.50. The number of thiazole rings is 1. The third kappa shape index (κ3) is 3.03. The molecule has 6 nitrogen and oxygen atoms in total. The predicted octanol–water partition coefficient (Wildman–Crippen LogP) is 2.85. The molecule has 2 aliphatic rings. The maximum atomic E-state index is 13.3. The molecule has 0 unspecified atom stereocenters. The van der Waals surface area contributed by atoms with Gasteiger partial charge in [-0.25, -0.2) is 9.78 Å². The molecule has 1 aromatic heterocycles. The summed E-state index contributed by atoms with van der Waals surface area (Å²) in [5.74, 6) is -0.711. The molecule has 1 aromatic rings. The van der Waals surface area contributed by atoms with Crippen LogP contribution in [-0.4, -0.2) is 45.5 Å². The SMILES string of the molecule is Cc1cnc(N[C@H](C(=O)N2C[C@H]3[C@@H]([C@H]2C(=O)O)C3(C)C)C(C)(C)C)s1. The number of hydrogen-bond donors (Lipinski definition) is 2. The Labute approximate surface area is 152 Å². The molecular formula is C18H27N3O3S. The molecule has 0 bridgehead atoms. The van der Waals surface area contributed by atoms with Crippen LogP contribution in [0.3, 0.4) is 0 Å². The predicted molar refractivity (Wildman–Crippen MR) is 97.6 cm³/mol. The number of aryl methyl sites for hydroxylation is 1. The van der Waals surface area contributed by atoms with E-state index in [1.54, 1.807) is 11.1 Å². The number of fused-ring (bicyclic) bond motifs is 1. The zero-order valence-electron chi connectivity index (χ0n) is 15.7. The normalized spacial score (nSPS) is 28.4. The van der Waals surface area contributed by atoms with Gasteiger partial charge in [0, 0.05) is 23.5 Å². The average Bonchev–Trinajstić information content (AvgIpc) is 2.89. The highest BCUT2D eigenvalue weighted by Crippen LogP contribution is 2.65. The monoisotopic (exact) mass is 365 g/mol. The molecule has 2 N–H and O–H groups in total. The van der Waals surface area contributed by atoms with E-state index in [-0.39, 0.29) is 28.6 Å². The van der Waals surface area contributed by atoms with Gasteiger partial charge >= 0.3 is 5.97 Å². The zero-order chi connectivity index (χ0) is 18.7. The van der Waals surface area contributed by atoms with Gasteiger partial charge in [0.2, 0.25) is 5.91 Å². The lowest BCUT2D eigenvalue weighted by atomic mass is 9.85. The fourth-order valence-corrected chi connectivity index (χ4v) is 4.85. The van der Waals surface area contributed by atoms with Crippen molar-refractivity contribution < 1.29 is 14.7 Å². The molecule has 1 aliphatic carbocycles. The second-order valence-corrected chi connectivity index (χ2v) is 10.2. The Balaban J connectivity index is 1.84. The zero-order valence-corrected chi connectivity index (χ0v) is 16.5. The van der Waals surface area contributed by atoms with E-state index in [1.807, 2.05) is 27.7 Å². The topological polar surface area (TPSA) is 82.5 Å². The smallest absolute Gasteiger partial charge is 0.326 e. The standard InChI is InChI=1S/C18H27N3O3S/c1-9-7-19-16(25-9)20-13(17(2,3)4)14(22)21-8-10-11(18(10,5)6)12(21)15(23)24/h7,10-13H,8H2,1-6H3,(H,19,20)(H,23,24)/t10-,11-,12-,13+/m0/s1. The van der Waals surface area contributed by atoms with Crippen molar-refractivity contribution in [3.8, 4) is 0 Å². The maximum absolute atomic E-state index is 13.3. The Morgan fingerprint density at radius 3 is 2.56 bits per heavy atom. The van der Waals surface area contributed by atoms with Gasteiger partial charge in [0.15, 0.2) is 5.13 Å². The highest BCUT2D eigenvalue weighted by atomic mass is 32.1. The number of aliphatic carboxylic acids is 1. The Hall–Kier alpha value is -1.63. The molecule has 2 heterocycles. The summed E-state index contributed by atoms with van der Waals surface area (Å²) in [4.78, 5) is 32.1. The molecular weight excluding hydrogens is 338 g/mol. The number of nitrogens with one attached hydrogen (secondary N) is 1. The first-order valence-electron chi connectivity index (χ1n) is 8.67. The van der Waals surface area contributed by atoms with Gasteiger partial charge < -0.3 is 15.3 Å². The van der Waals surface area contributed by atoms with Gasteiger partial charge in [-0.3, -0.25) is 4.79 Å². The number of carboxylic acids is 1. The molecule has 7 heteroatoms. The number of likely N-dealkylation sites (tertiary alicyclic amines) is 1. The summed E-state index contributed by atoms with van der Waals surface area (Å²) in [5, 5.41) is 13.7. The van der Waals surface area contributed by atoms with Crippen molar-refractivity contribution in [3.63, 3.8) is 0 Å². The van der Waals surface area contributed by atoms with Crippen LogP contribution in [-0.2, 0) is 9.59 Å². The molecule has 1 aliphatic heterocycles. The highest BCUT2D eigenvalue weighted by Gasteiger charge is 2.70. The molecule has 2 fully saturated rings. The third-order valence-corrected chi connectivity index (χ3v) is 6.59. The van der Waals surface area contributed by atoms with Crippen LogP contribution in [0.5, 0.6) is 0 Å². The molecule has 25 heavy (non-hydrogen) atoms. The lowest BCUT2D eigenvalue weighted by Gasteiger charge is -2.36. The quantitative estimate of drug-likeness (QED) is 0.857. The van der Waals surface area contributed by atoms with E-state index in [0.717, 1.165) is 4.88 Å². The van der Waals surface area contributed by atoms with E-state index in [0.29, 0.717) is 11.7 Å². The van der Waals surface area contributed by atoms with E-state index in [4.69, 9.17) is 0 Å². The van der Waals surface area contributed by atoms with Crippen LogP contribution in [0.1, 0.15) is 39.5 Å². The van der Waals surface area contributed by atoms with Crippen LogP contribution in [0, 0.1) is 29.6 Å². The Bertz CT molecular complexity index is 707. The van der Waals surface area contributed by atoms with Crippen LogP contribution < -0.4 is 5.32 Å². The lowest BCUT2D eigenvalue weighted by Crippen LogP contribution is -2.54. The van der Waals surface area contributed by atoms with E-state index in [9.17, 15) is 14.7 Å². The van der Waals surface area contributed by atoms with Crippen LogP contribution in [0.4, 0.5) is 5.13 Å². The van der Waals surface area contributed by atoms with E-state index in [1.165, 1.54) is 11.3 Å². The van der Waals surface area contributed by atoms with Crippen LogP contribution in [0.2, 0.25) is 0 Å². The first-order valence-corrected chi connectivity index (χ1v) is 9.48. The second kappa shape index (κ2) is 5.69. The van der Waals surface area contributed by atoms with Gasteiger partial charge in [-0.2, -0.15) is 0 Å². The van der Waals surface area contributed by atoms with Gasteiger partial charge in [0.25, 0.3) is 0 Å². The molecule has 0 aromatic carbocycles. The summed E-state index contributed by atoms with van der Waals surface area (Å²) in [6, 6.07) is -1.24. The van der Waals surface area contributed by atoms with Crippen LogP contribution in [0.15, 0.2) is 6.20 Å². The summed E-state index contributed by atoms with van der Waals surface area (Å²) in [5.41, 5.74) is -0.348. The number of rotatable bonds is 4. The molecule has 1 saturated heterocycles. The number of amides is 1. The summed E-state index contributed by atoms with van der Waals surface area (Å²) in [6.07, 6.45) is 1.77. The van der Waals surface area contributed by atoms with Crippen molar-refractivity contribution in [2.45, 2.75) is 53.6 Å². The van der Waals surface area contributed by atoms with E-state index in [2.05, 4.69) is 24.1 Å². The Kier molecular flexibility index (Phi) is 4.14. The van der Waals surface area contributed by atoms with Gasteiger partial charge in [-0.05, 0) is 23.7 Å². The van der Waals surface area contributed by atoms with Crippen molar-refractivity contribution in [1.82, 2.24) is 9.88 Å². The van der Waals surface area contributed by atoms with E-state index < -0.39 is 18.1 Å². The first kappa shape index (κ1) is 18.2. The summed E-state index contributed by atoms with van der Waals surface area (Å²) in [6.45, 7) is 12.6. The van der Waals surface area contributed by atoms with Crippen LogP contribution >= 0.6 is 11.3 Å². The highest BCUT2D eigenvalue weighted by molar-refractivity contribution is 7.15. The number of carbonyl (C=O) groups is 2. The average molecular weight is 365 g/mol.